The molecule has 164 valence electrons. The lowest BCUT2D eigenvalue weighted by Crippen LogP contribution is -2.50. The Bertz CT molecular complexity index is 1250. The third kappa shape index (κ3) is 3.37. The topological polar surface area (TPSA) is 57.7 Å². The summed E-state index contributed by atoms with van der Waals surface area (Å²) >= 11 is 0. The third-order valence-electron chi connectivity index (χ3n) is 6.58. The van der Waals surface area contributed by atoms with Gasteiger partial charge in [0.15, 0.2) is 0 Å². The van der Waals surface area contributed by atoms with Crippen molar-refractivity contribution in [2.75, 3.05) is 4.90 Å². The van der Waals surface area contributed by atoms with E-state index >= 15 is 0 Å². The lowest BCUT2D eigenvalue weighted by Gasteiger charge is -2.31. The molecule has 2 aliphatic heterocycles. The van der Waals surface area contributed by atoms with Crippen LogP contribution in [-0.4, -0.2) is 28.7 Å². The van der Waals surface area contributed by atoms with Crippen LogP contribution >= 0.6 is 0 Å². The van der Waals surface area contributed by atoms with Crippen molar-refractivity contribution in [2.24, 2.45) is 0 Å². The average molecular weight is 437 g/mol. The van der Waals surface area contributed by atoms with Crippen LogP contribution in [0.5, 0.6) is 0 Å². The van der Waals surface area contributed by atoms with Gasteiger partial charge in [-0.15, -0.1) is 0 Å². The summed E-state index contributed by atoms with van der Waals surface area (Å²) in [6.07, 6.45) is 3.85. The van der Waals surface area contributed by atoms with Gasteiger partial charge in [0.1, 0.15) is 5.41 Å². The highest BCUT2D eigenvalue weighted by Gasteiger charge is 2.63. The highest BCUT2D eigenvalue weighted by atomic mass is 16.2. The predicted molar refractivity (Wildman–Crippen MR) is 127 cm³/mol. The van der Waals surface area contributed by atoms with E-state index in [0.717, 1.165) is 16.7 Å². The van der Waals surface area contributed by atoms with Gasteiger partial charge in [0.05, 0.1) is 12.6 Å². The Morgan fingerprint density at radius 1 is 0.939 bits per heavy atom. The Morgan fingerprint density at radius 3 is 2.27 bits per heavy atom. The molecule has 1 spiro atoms. The number of imide groups is 1. The van der Waals surface area contributed by atoms with Crippen LogP contribution in [0.25, 0.3) is 6.08 Å². The zero-order valence-electron chi connectivity index (χ0n) is 18.3. The van der Waals surface area contributed by atoms with E-state index in [1.165, 1.54) is 11.8 Å². The molecule has 5 heteroatoms. The highest BCUT2D eigenvalue weighted by Crippen LogP contribution is 2.52. The van der Waals surface area contributed by atoms with Crippen molar-refractivity contribution in [3.05, 3.63) is 108 Å². The van der Waals surface area contributed by atoms with Crippen LogP contribution in [0, 0.1) is 0 Å². The first kappa shape index (κ1) is 20.9. The Hall–Kier alpha value is -3.99. The molecule has 1 saturated heterocycles. The lowest BCUT2D eigenvalue weighted by atomic mass is 9.74. The van der Waals surface area contributed by atoms with Crippen LogP contribution < -0.4 is 4.90 Å². The molecule has 0 aliphatic carbocycles. The molecule has 5 nitrogen and oxygen atoms in total. The molecule has 5 rings (SSSR count). The fourth-order valence-corrected chi connectivity index (χ4v) is 5.10. The summed E-state index contributed by atoms with van der Waals surface area (Å²) in [5.74, 6) is -0.638. The standard InChI is InChI=1S/C28H24N2O3/c1-20(31)30-24-15-9-8-14-23(24)28(25(30)17-16-21-10-4-2-5-11-21)18-26(32)29(27(28)33)19-22-12-6-3-7-13-22/h2-17,25H,18-19H2,1H3/b17-16-/t25-,28-/m1/s1. The highest BCUT2D eigenvalue weighted by molar-refractivity contribution is 6.14. The van der Waals surface area contributed by atoms with Crippen LogP contribution in [0.15, 0.2) is 91.0 Å². The van der Waals surface area contributed by atoms with Crippen molar-refractivity contribution in [3.63, 3.8) is 0 Å². The van der Waals surface area contributed by atoms with Crippen molar-refractivity contribution < 1.29 is 14.4 Å². The molecule has 2 heterocycles. The van der Waals surface area contributed by atoms with Gasteiger partial charge >= 0.3 is 0 Å². The van der Waals surface area contributed by atoms with Gasteiger partial charge in [0.2, 0.25) is 17.7 Å². The largest absolute Gasteiger partial charge is 0.304 e. The minimum atomic E-state index is -1.14. The molecule has 0 saturated carbocycles. The Morgan fingerprint density at radius 2 is 1.58 bits per heavy atom. The molecule has 0 radical (unpaired) electrons. The maximum atomic E-state index is 14.0. The van der Waals surface area contributed by atoms with Crippen molar-refractivity contribution in [3.8, 4) is 0 Å². The number of para-hydroxylation sites is 1. The summed E-state index contributed by atoms with van der Waals surface area (Å²) in [6, 6.07) is 26.1. The molecule has 2 atom stereocenters. The summed E-state index contributed by atoms with van der Waals surface area (Å²) < 4.78 is 0. The number of likely N-dealkylation sites (tertiary alicyclic amines) is 1. The first-order valence-electron chi connectivity index (χ1n) is 11.0. The number of hydrogen-bond donors (Lipinski definition) is 0. The van der Waals surface area contributed by atoms with E-state index in [0.29, 0.717) is 5.69 Å². The molecule has 3 aromatic carbocycles. The summed E-state index contributed by atoms with van der Waals surface area (Å²) in [7, 11) is 0. The number of carbonyl (C=O) groups is 3. The van der Waals surface area contributed by atoms with Crippen LogP contribution in [-0.2, 0) is 26.3 Å². The second-order valence-corrected chi connectivity index (χ2v) is 8.54. The number of carbonyl (C=O) groups excluding carboxylic acids is 3. The number of fused-ring (bicyclic) bond motifs is 2. The summed E-state index contributed by atoms with van der Waals surface area (Å²) in [6.45, 7) is 1.72. The molecule has 0 unspecified atom stereocenters. The van der Waals surface area contributed by atoms with Crippen LogP contribution in [0.3, 0.4) is 0 Å². The smallest absolute Gasteiger partial charge is 0.243 e. The maximum absolute atomic E-state index is 14.0. The number of anilines is 1. The first-order chi connectivity index (χ1) is 16.0. The predicted octanol–water partition coefficient (Wildman–Crippen LogP) is 4.33. The number of rotatable bonds is 4. The molecule has 0 bridgehead atoms. The van der Waals surface area contributed by atoms with E-state index in [1.807, 2.05) is 97.1 Å². The number of hydrogen-bond acceptors (Lipinski definition) is 3. The third-order valence-corrected chi connectivity index (χ3v) is 6.58. The van der Waals surface area contributed by atoms with Crippen molar-refractivity contribution >= 4 is 29.5 Å². The van der Waals surface area contributed by atoms with Gasteiger partial charge in [-0.25, -0.2) is 0 Å². The van der Waals surface area contributed by atoms with Crippen LogP contribution in [0.4, 0.5) is 5.69 Å². The van der Waals surface area contributed by atoms with Gasteiger partial charge < -0.3 is 4.90 Å². The second-order valence-electron chi connectivity index (χ2n) is 8.54. The monoisotopic (exact) mass is 436 g/mol. The fourth-order valence-electron chi connectivity index (χ4n) is 5.10. The molecule has 3 amide bonds. The molecular weight excluding hydrogens is 412 g/mol. The van der Waals surface area contributed by atoms with Crippen molar-refractivity contribution in [1.29, 1.82) is 0 Å². The van der Waals surface area contributed by atoms with E-state index in [2.05, 4.69) is 0 Å². The van der Waals surface area contributed by atoms with Crippen molar-refractivity contribution in [1.82, 2.24) is 4.90 Å². The maximum Gasteiger partial charge on any atom is 0.243 e. The molecule has 2 aliphatic rings. The van der Waals surface area contributed by atoms with Gasteiger partial charge in [0.25, 0.3) is 0 Å². The SMILES string of the molecule is CC(=O)N1c2ccccc2[C@]2(CC(=O)N(Cc3ccccc3)C2=O)[C@H]1/C=C\c1ccccc1. The Labute approximate surface area is 192 Å². The van der Waals surface area contributed by atoms with E-state index in [-0.39, 0.29) is 30.7 Å². The van der Waals surface area contributed by atoms with E-state index in [4.69, 9.17) is 0 Å². The Balaban J connectivity index is 1.62. The van der Waals surface area contributed by atoms with Gasteiger partial charge in [-0.3, -0.25) is 19.3 Å². The fraction of sp³-hybridized carbons (Fsp3) is 0.179. The summed E-state index contributed by atoms with van der Waals surface area (Å²) in [4.78, 5) is 43.1. The molecule has 0 aromatic heterocycles. The van der Waals surface area contributed by atoms with Gasteiger partial charge in [-0.05, 0) is 22.8 Å². The second kappa shape index (κ2) is 8.17. The zero-order valence-corrected chi connectivity index (χ0v) is 18.3. The summed E-state index contributed by atoms with van der Waals surface area (Å²) in [5.41, 5.74) is 2.14. The van der Waals surface area contributed by atoms with Crippen molar-refractivity contribution in [2.45, 2.75) is 31.3 Å². The molecule has 33 heavy (non-hydrogen) atoms. The van der Waals surface area contributed by atoms with Crippen LogP contribution in [0.2, 0.25) is 0 Å². The average Bonchev–Trinajstić information content (AvgIpc) is 3.25. The quantitative estimate of drug-likeness (QED) is 0.572. The van der Waals surface area contributed by atoms with Crippen LogP contribution in [0.1, 0.15) is 30.0 Å². The molecule has 3 aromatic rings. The lowest BCUT2D eigenvalue weighted by molar-refractivity contribution is -0.140. The van der Waals surface area contributed by atoms with E-state index in [1.54, 1.807) is 4.90 Å². The summed E-state index contributed by atoms with van der Waals surface area (Å²) in [5, 5.41) is 0. The van der Waals surface area contributed by atoms with Gasteiger partial charge in [-0.2, -0.15) is 0 Å². The molecule has 1 fully saturated rings. The molecular formula is C28H24N2O3. The number of benzene rings is 3. The van der Waals surface area contributed by atoms with Gasteiger partial charge in [0, 0.05) is 19.0 Å². The van der Waals surface area contributed by atoms with E-state index in [9.17, 15) is 14.4 Å². The minimum Gasteiger partial charge on any atom is -0.304 e. The van der Waals surface area contributed by atoms with E-state index < -0.39 is 11.5 Å². The minimum absolute atomic E-state index is 0.0310. The Kier molecular flexibility index (Phi) is 5.17. The normalized spacial score (nSPS) is 21.9. The number of nitrogens with zero attached hydrogens (tertiary/aromatic N) is 2. The van der Waals surface area contributed by atoms with Gasteiger partial charge in [-0.1, -0.05) is 91.0 Å². The first-order valence-corrected chi connectivity index (χ1v) is 11.0. The molecule has 0 N–H and O–H groups in total. The zero-order chi connectivity index (χ0) is 23.0. The number of amides is 3.